The van der Waals surface area contributed by atoms with E-state index in [1.807, 2.05) is 30.3 Å². The van der Waals surface area contributed by atoms with E-state index in [0.29, 0.717) is 12.1 Å². The van der Waals surface area contributed by atoms with Gasteiger partial charge in [-0.05, 0) is 17.9 Å². The molecule has 2 nitrogen and oxygen atoms in total. The van der Waals surface area contributed by atoms with Gasteiger partial charge in [-0.2, -0.15) is 0 Å². The van der Waals surface area contributed by atoms with E-state index in [2.05, 4.69) is 11.9 Å². The lowest BCUT2D eigenvalue weighted by molar-refractivity contribution is 0.0976. The lowest BCUT2D eigenvalue weighted by Gasteiger charge is -2.05. The zero-order valence-corrected chi connectivity index (χ0v) is 13.0. The Morgan fingerprint density at radius 2 is 1.67 bits per heavy atom. The number of carbonyl (C=O) groups excluding carboxylic acids is 1. The van der Waals surface area contributed by atoms with Crippen molar-refractivity contribution in [1.82, 2.24) is 4.98 Å². The number of Topliss-reactive ketones (excluding diaryl/α,β-unsaturated/α-hetero) is 1. The predicted molar refractivity (Wildman–Crippen MR) is 88.7 cm³/mol. The van der Waals surface area contributed by atoms with Crippen LogP contribution >= 0.6 is 0 Å². The Kier molecular flexibility index (Phi) is 6.39. The number of carbonyl (C=O) groups is 1. The maximum Gasteiger partial charge on any atom is 0.181 e. The van der Waals surface area contributed by atoms with E-state index >= 15 is 0 Å². The molecular weight excluding hydrogens is 258 g/mol. The standard InChI is InChI=1S/C19H25NO/c1-2-3-4-5-6-7-8-13-18(21)19-17-12-10-9-11-16(17)14-15-20-19/h9-12,14-15H,2-8,13H2,1H3. The minimum atomic E-state index is 0.181. The highest BCUT2D eigenvalue weighted by molar-refractivity contribution is 6.06. The molecule has 0 saturated carbocycles. The van der Waals surface area contributed by atoms with Crippen LogP contribution in [0.1, 0.15) is 68.8 Å². The van der Waals surface area contributed by atoms with Gasteiger partial charge in [0.2, 0.25) is 0 Å². The predicted octanol–water partition coefficient (Wildman–Crippen LogP) is 5.56. The fourth-order valence-electron chi connectivity index (χ4n) is 2.70. The molecule has 2 aromatic rings. The topological polar surface area (TPSA) is 30.0 Å². The molecule has 0 saturated heterocycles. The smallest absolute Gasteiger partial charge is 0.181 e. The Labute approximate surface area is 127 Å². The Bertz CT molecular complexity index is 571. The summed E-state index contributed by atoms with van der Waals surface area (Å²) >= 11 is 0. The number of unbranched alkanes of at least 4 members (excludes halogenated alkanes) is 6. The van der Waals surface area contributed by atoms with Crippen LogP contribution in [0.25, 0.3) is 10.8 Å². The molecule has 0 fully saturated rings. The second-order valence-electron chi connectivity index (χ2n) is 5.68. The zero-order valence-electron chi connectivity index (χ0n) is 13.0. The van der Waals surface area contributed by atoms with Crippen LogP contribution in [0.2, 0.25) is 0 Å². The molecule has 0 N–H and O–H groups in total. The van der Waals surface area contributed by atoms with E-state index in [1.165, 1.54) is 32.1 Å². The number of pyridine rings is 1. The quantitative estimate of drug-likeness (QED) is 0.445. The third-order valence-corrected chi connectivity index (χ3v) is 3.95. The van der Waals surface area contributed by atoms with Crippen molar-refractivity contribution in [3.05, 3.63) is 42.2 Å². The van der Waals surface area contributed by atoms with Gasteiger partial charge in [-0.3, -0.25) is 9.78 Å². The lowest BCUT2D eigenvalue weighted by atomic mass is 10.0. The molecule has 0 amide bonds. The third-order valence-electron chi connectivity index (χ3n) is 3.95. The summed E-state index contributed by atoms with van der Waals surface area (Å²) in [6, 6.07) is 9.93. The van der Waals surface area contributed by atoms with E-state index < -0.39 is 0 Å². The van der Waals surface area contributed by atoms with Crippen LogP contribution < -0.4 is 0 Å². The Hall–Kier alpha value is -1.70. The highest BCUT2D eigenvalue weighted by Gasteiger charge is 2.10. The van der Waals surface area contributed by atoms with Crippen molar-refractivity contribution in [3.63, 3.8) is 0 Å². The molecule has 0 spiro atoms. The van der Waals surface area contributed by atoms with Gasteiger partial charge in [0.25, 0.3) is 0 Å². The van der Waals surface area contributed by atoms with Gasteiger partial charge in [-0.25, -0.2) is 0 Å². The van der Waals surface area contributed by atoms with Crippen molar-refractivity contribution >= 4 is 16.6 Å². The second-order valence-corrected chi connectivity index (χ2v) is 5.68. The van der Waals surface area contributed by atoms with Gasteiger partial charge in [0.1, 0.15) is 5.69 Å². The van der Waals surface area contributed by atoms with Gasteiger partial charge in [-0.15, -0.1) is 0 Å². The van der Waals surface area contributed by atoms with Crippen molar-refractivity contribution in [2.45, 2.75) is 58.3 Å². The normalized spacial score (nSPS) is 10.9. The van der Waals surface area contributed by atoms with Crippen molar-refractivity contribution in [1.29, 1.82) is 0 Å². The first kappa shape index (κ1) is 15.7. The molecule has 0 aliphatic heterocycles. The minimum Gasteiger partial charge on any atom is -0.292 e. The van der Waals surface area contributed by atoms with Crippen molar-refractivity contribution in [3.8, 4) is 0 Å². The number of aromatic nitrogens is 1. The van der Waals surface area contributed by atoms with Gasteiger partial charge in [0.15, 0.2) is 5.78 Å². The van der Waals surface area contributed by atoms with E-state index in [-0.39, 0.29) is 5.78 Å². The fourth-order valence-corrected chi connectivity index (χ4v) is 2.70. The largest absolute Gasteiger partial charge is 0.292 e. The highest BCUT2D eigenvalue weighted by Crippen LogP contribution is 2.18. The summed E-state index contributed by atoms with van der Waals surface area (Å²) in [5.74, 6) is 0.181. The zero-order chi connectivity index (χ0) is 14.9. The van der Waals surface area contributed by atoms with Gasteiger partial charge in [0, 0.05) is 18.0 Å². The molecule has 0 bridgehead atoms. The van der Waals surface area contributed by atoms with Gasteiger partial charge in [-0.1, -0.05) is 69.7 Å². The van der Waals surface area contributed by atoms with Gasteiger partial charge < -0.3 is 0 Å². The summed E-state index contributed by atoms with van der Waals surface area (Å²) in [7, 11) is 0. The number of hydrogen-bond acceptors (Lipinski definition) is 2. The van der Waals surface area contributed by atoms with Gasteiger partial charge in [0.05, 0.1) is 0 Å². The molecular formula is C19H25NO. The lowest BCUT2D eigenvalue weighted by Crippen LogP contribution is -2.03. The molecule has 0 aliphatic rings. The van der Waals surface area contributed by atoms with Crippen molar-refractivity contribution < 1.29 is 4.79 Å². The molecule has 1 heterocycles. The van der Waals surface area contributed by atoms with E-state index in [4.69, 9.17) is 0 Å². The van der Waals surface area contributed by atoms with Crippen LogP contribution in [0.3, 0.4) is 0 Å². The van der Waals surface area contributed by atoms with Crippen LogP contribution in [0.4, 0.5) is 0 Å². The van der Waals surface area contributed by atoms with E-state index in [9.17, 15) is 4.79 Å². The minimum absolute atomic E-state index is 0.181. The Morgan fingerprint density at radius 3 is 2.48 bits per heavy atom. The summed E-state index contributed by atoms with van der Waals surface area (Å²) in [4.78, 5) is 16.6. The van der Waals surface area contributed by atoms with Crippen LogP contribution in [-0.2, 0) is 0 Å². The second kappa shape index (κ2) is 8.56. The van der Waals surface area contributed by atoms with Crippen LogP contribution in [0, 0.1) is 0 Å². The summed E-state index contributed by atoms with van der Waals surface area (Å²) in [5, 5.41) is 2.07. The first-order valence-electron chi connectivity index (χ1n) is 8.20. The Morgan fingerprint density at radius 1 is 0.952 bits per heavy atom. The molecule has 21 heavy (non-hydrogen) atoms. The fraction of sp³-hybridized carbons (Fsp3) is 0.474. The van der Waals surface area contributed by atoms with Crippen molar-refractivity contribution in [2.24, 2.45) is 0 Å². The van der Waals surface area contributed by atoms with Crippen LogP contribution in [0.15, 0.2) is 36.5 Å². The molecule has 112 valence electrons. The SMILES string of the molecule is CCCCCCCCCC(=O)c1nccc2ccccc12. The summed E-state index contributed by atoms with van der Waals surface area (Å²) in [5.41, 5.74) is 0.638. The highest BCUT2D eigenvalue weighted by atomic mass is 16.1. The van der Waals surface area contributed by atoms with Crippen molar-refractivity contribution in [2.75, 3.05) is 0 Å². The maximum atomic E-state index is 12.3. The first-order valence-corrected chi connectivity index (χ1v) is 8.20. The average molecular weight is 283 g/mol. The van der Waals surface area contributed by atoms with E-state index in [0.717, 1.165) is 23.6 Å². The molecule has 2 heteroatoms. The Balaban J connectivity index is 1.83. The van der Waals surface area contributed by atoms with Crippen LogP contribution in [-0.4, -0.2) is 10.8 Å². The number of hydrogen-bond donors (Lipinski definition) is 0. The number of nitrogens with zero attached hydrogens (tertiary/aromatic N) is 1. The molecule has 2 rings (SSSR count). The molecule has 1 aromatic carbocycles. The molecule has 1 aromatic heterocycles. The first-order chi connectivity index (χ1) is 10.3. The summed E-state index contributed by atoms with van der Waals surface area (Å²) in [6.07, 6.45) is 11.0. The monoisotopic (exact) mass is 283 g/mol. The molecule has 0 atom stereocenters. The van der Waals surface area contributed by atoms with Crippen LogP contribution in [0.5, 0.6) is 0 Å². The average Bonchev–Trinajstić information content (AvgIpc) is 2.53. The van der Waals surface area contributed by atoms with E-state index in [1.54, 1.807) is 6.20 Å². The maximum absolute atomic E-state index is 12.3. The summed E-state index contributed by atoms with van der Waals surface area (Å²) < 4.78 is 0. The third kappa shape index (κ3) is 4.66. The van der Waals surface area contributed by atoms with Gasteiger partial charge >= 0.3 is 0 Å². The number of ketones is 1. The number of benzene rings is 1. The molecule has 0 unspecified atom stereocenters. The number of fused-ring (bicyclic) bond motifs is 1. The molecule has 0 aliphatic carbocycles. The summed E-state index contributed by atoms with van der Waals surface area (Å²) in [6.45, 7) is 2.23. The molecule has 0 radical (unpaired) electrons. The number of rotatable bonds is 9.